The molecule has 10 heteroatoms. The zero-order chi connectivity index (χ0) is 27.3. The first-order valence-electron chi connectivity index (χ1n) is 12.3. The lowest BCUT2D eigenvalue weighted by molar-refractivity contribution is -0.138. The van der Waals surface area contributed by atoms with E-state index in [2.05, 4.69) is 10.6 Å². The van der Waals surface area contributed by atoms with Gasteiger partial charge in [0.05, 0.1) is 11.4 Å². The van der Waals surface area contributed by atoms with Crippen molar-refractivity contribution < 1.29 is 22.4 Å². The smallest absolute Gasteiger partial charge is 0.390 e. The van der Waals surface area contributed by atoms with Crippen LogP contribution in [0.2, 0.25) is 5.02 Å². The standard InChI is InChI=1S/C28H29ClF4N4O/c29-24-17-23(8-9-25(24)30)36-26(38)35-18-27(10-13-37(14-11-27)15-12-28(31,32)33)21-6-4-19(5-7-21)20-2-1-3-22(34)16-20/h1-9,16-17H,10-15,18,34H2,(H2,35,36,38). The molecule has 0 aliphatic carbocycles. The van der Waals surface area contributed by atoms with Crippen molar-refractivity contribution >= 4 is 29.0 Å². The Morgan fingerprint density at radius 2 is 1.71 bits per heavy atom. The van der Waals surface area contributed by atoms with Crippen molar-refractivity contribution in [1.82, 2.24) is 10.2 Å². The molecule has 0 bridgehead atoms. The summed E-state index contributed by atoms with van der Waals surface area (Å²) in [4.78, 5) is 14.5. The Balaban J connectivity index is 1.49. The molecule has 0 radical (unpaired) electrons. The summed E-state index contributed by atoms with van der Waals surface area (Å²) in [5, 5.41) is 5.44. The molecule has 38 heavy (non-hydrogen) atoms. The van der Waals surface area contributed by atoms with Crippen LogP contribution in [0.1, 0.15) is 24.8 Å². The molecule has 4 N–H and O–H groups in total. The van der Waals surface area contributed by atoms with E-state index in [1.807, 2.05) is 53.4 Å². The molecule has 0 unspecified atom stereocenters. The highest BCUT2D eigenvalue weighted by molar-refractivity contribution is 6.31. The van der Waals surface area contributed by atoms with Crippen molar-refractivity contribution in [3.05, 3.63) is 83.1 Å². The maximum absolute atomic E-state index is 13.4. The van der Waals surface area contributed by atoms with Gasteiger partial charge in [0.2, 0.25) is 0 Å². The van der Waals surface area contributed by atoms with E-state index < -0.39 is 29.9 Å². The number of amides is 2. The summed E-state index contributed by atoms with van der Waals surface area (Å²) in [7, 11) is 0. The number of nitrogens with one attached hydrogen (secondary N) is 2. The molecular formula is C28H29ClF4N4O. The Morgan fingerprint density at radius 1 is 1.00 bits per heavy atom. The molecule has 1 heterocycles. The second kappa shape index (κ2) is 11.6. The van der Waals surface area contributed by atoms with Crippen LogP contribution in [-0.2, 0) is 5.41 Å². The number of carbonyl (C=O) groups excluding carboxylic acids is 1. The van der Waals surface area contributed by atoms with Crippen LogP contribution in [0.15, 0.2) is 66.7 Å². The number of rotatable bonds is 7. The second-order valence-electron chi connectivity index (χ2n) is 9.63. The average molecular weight is 549 g/mol. The number of carbonyl (C=O) groups is 1. The predicted octanol–water partition coefficient (Wildman–Crippen LogP) is 6.84. The molecule has 1 aliphatic rings. The first-order chi connectivity index (χ1) is 18.0. The van der Waals surface area contributed by atoms with Crippen LogP contribution >= 0.6 is 11.6 Å². The number of nitrogen functional groups attached to an aromatic ring is 1. The van der Waals surface area contributed by atoms with Crippen LogP contribution < -0.4 is 16.4 Å². The summed E-state index contributed by atoms with van der Waals surface area (Å²) in [5.41, 5.74) is 9.40. The summed E-state index contributed by atoms with van der Waals surface area (Å²) in [6.45, 7) is 1.18. The fourth-order valence-corrected chi connectivity index (χ4v) is 4.97. The Hall–Kier alpha value is -3.30. The van der Waals surface area contributed by atoms with Gasteiger partial charge in [0.1, 0.15) is 5.82 Å². The van der Waals surface area contributed by atoms with Crippen LogP contribution in [0, 0.1) is 5.82 Å². The van der Waals surface area contributed by atoms with Crippen molar-refractivity contribution in [1.29, 1.82) is 0 Å². The first-order valence-corrected chi connectivity index (χ1v) is 12.7. The molecule has 0 spiro atoms. The zero-order valence-corrected chi connectivity index (χ0v) is 21.4. The molecule has 1 saturated heterocycles. The Morgan fingerprint density at radius 3 is 2.34 bits per heavy atom. The quantitative estimate of drug-likeness (QED) is 0.224. The number of alkyl halides is 3. The molecule has 0 saturated carbocycles. The number of hydrogen-bond acceptors (Lipinski definition) is 3. The highest BCUT2D eigenvalue weighted by atomic mass is 35.5. The minimum absolute atomic E-state index is 0.0484. The van der Waals surface area contributed by atoms with Crippen LogP contribution in [-0.4, -0.2) is 43.3 Å². The fraction of sp³-hybridized carbons (Fsp3) is 0.321. The normalized spacial score (nSPS) is 15.7. The predicted molar refractivity (Wildman–Crippen MR) is 143 cm³/mol. The molecule has 0 aromatic heterocycles. The maximum atomic E-state index is 13.4. The molecule has 3 aromatic rings. The van der Waals surface area contributed by atoms with E-state index in [4.69, 9.17) is 17.3 Å². The number of nitrogens with two attached hydrogens (primary N) is 1. The van der Waals surface area contributed by atoms with Crippen LogP contribution in [0.3, 0.4) is 0 Å². The third kappa shape index (κ3) is 7.17. The summed E-state index contributed by atoms with van der Waals surface area (Å²) in [6.07, 6.45) is -3.90. The lowest BCUT2D eigenvalue weighted by Gasteiger charge is -2.42. The third-order valence-corrected chi connectivity index (χ3v) is 7.30. The zero-order valence-electron chi connectivity index (χ0n) is 20.6. The van der Waals surface area contributed by atoms with Gasteiger partial charge in [-0.25, -0.2) is 9.18 Å². The molecule has 5 nitrogen and oxygen atoms in total. The fourth-order valence-electron chi connectivity index (χ4n) is 4.79. The molecule has 0 atom stereocenters. The summed E-state index contributed by atoms with van der Waals surface area (Å²) >= 11 is 5.80. The monoisotopic (exact) mass is 548 g/mol. The number of urea groups is 1. The number of benzene rings is 3. The first kappa shape index (κ1) is 27.7. The van der Waals surface area contributed by atoms with E-state index in [-0.39, 0.29) is 18.1 Å². The van der Waals surface area contributed by atoms with Gasteiger partial charge < -0.3 is 21.3 Å². The summed E-state index contributed by atoms with van der Waals surface area (Å²) in [6, 6.07) is 18.9. The summed E-state index contributed by atoms with van der Waals surface area (Å²) in [5.74, 6) is -0.588. The number of anilines is 2. The van der Waals surface area contributed by atoms with Crippen LogP contribution in [0.5, 0.6) is 0 Å². The molecule has 202 valence electrons. The number of hydrogen-bond donors (Lipinski definition) is 3. The topological polar surface area (TPSA) is 70.4 Å². The van der Waals surface area contributed by atoms with E-state index >= 15 is 0 Å². The van der Waals surface area contributed by atoms with Gasteiger partial charge in [-0.1, -0.05) is 48.0 Å². The van der Waals surface area contributed by atoms with Gasteiger partial charge in [-0.3, -0.25) is 0 Å². The SMILES string of the molecule is Nc1cccc(-c2ccc(C3(CNC(=O)Nc4ccc(F)c(Cl)c4)CCN(CCC(F)(F)F)CC3)cc2)c1. The molecule has 1 fully saturated rings. The number of piperidine rings is 1. The number of halogens is 5. The largest absolute Gasteiger partial charge is 0.399 e. The van der Waals surface area contributed by atoms with E-state index in [0.29, 0.717) is 37.3 Å². The Labute approximate surface area is 224 Å². The second-order valence-corrected chi connectivity index (χ2v) is 10.0. The van der Waals surface area contributed by atoms with Crippen molar-refractivity contribution in [3.63, 3.8) is 0 Å². The van der Waals surface area contributed by atoms with Gasteiger partial charge in [-0.05, 0) is 73.0 Å². The minimum atomic E-state index is -4.20. The molecule has 3 aromatic carbocycles. The van der Waals surface area contributed by atoms with Crippen LogP contribution in [0.4, 0.5) is 33.7 Å². The molecule has 4 rings (SSSR count). The van der Waals surface area contributed by atoms with Gasteiger partial charge in [0, 0.05) is 29.9 Å². The third-order valence-electron chi connectivity index (χ3n) is 7.01. The van der Waals surface area contributed by atoms with E-state index in [0.717, 1.165) is 22.8 Å². The van der Waals surface area contributed by atoms with Crippen molar-refractivity contribution in [2.45, 2.75) is 30.9 Å². The van der Waals surface area contributed by atoms with Gasteiger partial charge in [0.25, 0.3) is 0 Å². The highest BCUT2D eigenvalue weighted by Crippen LogP contribution is 2.37. The Bertz CT molecular complexity index is 1260. The van der Waals surface area contributed by atoms with E-state index in [1.165, 1.54) is 12.1 Å². The highest BCUT2D eigenvalue weighted by Gasteiger charge is 2.37. The van der Waals surface area contributed by atoms with Gasteiger partial charge in [-0.15, -0.1) is 0 Å². The van der Waals surface area contributed by atoms with Crippen molar-refractivity contribution in [3.8, 4) is 11.1 Å². The lowest BCUT2D eigenvalue weighted by Crippen LogP contribution is -2.50. The van der Waals surface area contributed by atoms with Crippen molar-refractivity contribution in [2.75, 3.05) is 37.2 Å². The van der Waals surface area contributed by atoms with Gasteiger partial charge >= 0.3 is 12.2 Å². The lowest BCUT2D eigenvalue weighted by atomic mass is 9.72. The molecular weight excluding hydrogens is 520 g/mol. The van der Waals surface area contributed by atoms with Gasteiger partial charge in [0.15, 0.2) is 0 Å². The Kier molecular flexibility index (Phi) is 8.47. The maximum Gasteiger partial charge on any atom is 0.390 e. The van der Waals surface area contributed by atoms with Gasteiger partial charge in [-0.2, -0.15) is 13.2 Å². The number of nitrogens with zero attached hydrogens (tertiary/aromatic N) is 1. The van der Waals surface area contributed by atoms with Crippen LogP contribution in [0.25, 0.3) is 11.1 Å². The van der Waals surface area contributed by atoms with E-state index in [9.17, 15) is 22.4 Å². The van der Waals surface area contributed by atoms with E-state index in [1.54, 1.807) is 0 Å². The minimum Gasteiger partial charge on any atom is -0.399 e. The molecule has 1 aliphatic heterocycles. The van der Waals surface area contributed by atoms with Crippen molar-refractivity contribution in [2.24, 2.45) is 0 Å². The summed E-state index contributed by atoms with van der Waals surface area (Å²) < 4.78 is 51.7. The molecule has 2 amide bonds. The average Bonchev–Trinajstić information content (AvgIpc) is 2.89. The number of likely N-dealkylation sites (tertiary alicyclic amines) is 1.